The van der Waals surface area contributed by atoms with E-state index < -0.39 is 41.0 Å². The van der Waals surface area contributed by atoms with E-state index in [9.17, 15) is 9.59 Å². The summed E-state index contributed by atoms with van der Waals surface area (Å²) in [5.74, 6) is -2.68. The quantitative estimate of drug-likeness (QED) is 0.253. The first kappa shape index (κ1) is 31.9. The maximum absolute atomic E-state index is 15.8. The zero-order chi connectivity index (χ0) is 30.8. The Hall–Kier alpha value is -3.00. The number of benzene rings is 3. The highest BCUT2D eigenvalue weighted by molar-refractivity contribution is 6.31. The number of nitrogens with one attached hydrogen (secondary N) is 2. The third-order valence-electron chi connectivity index (χ3n) is 8.08. The normalized spacial score (nSPS) is 22.2. The highest BCUT2D eigenvalue weighted by Gasteiger charge is 2.57. The van der Waals surface area contributed by atoms with Crippen molar-refractivity contribution in [2.24, 2.45) is 5.41 Å². The second-order valence-corrected chi connectivity index (χ2v) is 13.1. The van der Waals surface area contributed by atoms with E-state index in [-0.39, 0.29) is 33.4 Å². The number of carbonyl (C=O) groups is 2. The number of amides is 1. The average Bonchev–Trinajstić information content (AvgIpc) is 3.20. The number of halogens is 4. The number of ether oxygens (including phenoxy) is 1. The molecule has 0 spiro atoms. The van der Waals surface area contributed by atoms with Gasteiger partial charge in [0, 0.05) is 34.5 Å². The van der Waals surface area contributed by atoms with Crippen LogP contribution in [0, 0.1) is 17.0 Å². The van der Waals surface area contributed by atoms with Gasteiger partial charge in [-0.15, -0.1) is 0 Å². The molecule has 2 N–H and O–H groups in total. The fourth-order valence-corrected chi connectivity index (χ4v) is 6.37. The fraction of sp³-hybridized carbons (Fsp3) is 0.394. The summed E-state index contributed by atoms with van der Waals surface area (Å²) in [5, 5.41) is 6.59. The van der Waals surface area contributed by atoms with Crippen LogP contribution in [-0.4, -0.2) is 31.1 Å². The first-order valence-corrected chi connectivity index (χ1v) is 14.6. The molecular weight excluding hydrogens is 581 g/mol. The van der Waals surface area contributed by atoms with Crippen LogP contribution in [0.15, 0.2) is 60.7 Å². The Morgan fingerprint density at radius 1 is 1.05 bits per heavy atom. The third-order valence-corrected chi connectivity index (χ3v) is 8.60. The summed E-state index contributed by atoms with van der Waals surface area (Å²) in [4.78, 5) is 25.5. The van der Waals surface area contributed by atoms with Gasteiger partial charge in [-0.2, -0.15) is 0 Å². The lowest BCUT2D eigenvalue weighted by Gasteiger charge is -2.40. The molecule has 9 heteroatoms. The number of rotatable bonds is 8. The molecule has 0 bridgehead atoms. The maximum atomic E-state index is 15.8. The molecule has 3 aromatic rings. The van der Waals surface area contributed by atoms with E-state index in [0.717, 1.165) is 5.56 Å². The van der Waals surface area contributed by atoms with E-state index in [4.69, 9.17) is 27.9 Å². The average molecular weight is 618 g/mol. The number of aryl methyl sites for hydroxylation is 1. The molecule has 1 fully saturated rings. The lowest BCUT2D eigenvalue weighted by atomic mass is 9.63. The first-order valence-electron chi connectivity index (χ1n) is 13.9. The Labute approximate surface area is 255 Å². The maximum Gasteiger partial charge on any atom is 0.305 e. The van der Waals surface area contributed by atoms with Gasteiger partial charge in [-0.1, -0.05) is 81.2 Å². The van der Waals surface area contributed by atoms with Gasteiger partial charge in [-0.05, 0) is 65.3 Å². The van der Waals surface area contributed by atoms with Crippen LogP contribution in [0.5, 0.6) is 0 Å². The predicted octanol–water partition coefficient (Wildman–Crippen LogP) is 7.83. The zero-order valence-electron chi connectivity index (χ0n) is 24.4. The van der Waals surface area contributed by atoms with Crippen molar-refractivity contribution in [1.29, 1.82) is 0 Å². The van der Waals surface area contributed by atoms with E-state index >= 15 is 8.78 Å². The molecule has 0 aliphatic carbocycles. The van der Waals surface area contributed by atoms with Crippen molar-refractivity contribution in [2.75, 3.05) is 12.4 Å². The monoisotopic (exact) mass is 616 g/mol. The summed E-state index contributed by atoms with van der Waals surface area (Å²) in [6, 6.07) is 15.0. The Balaban J connectivity index is 1.77. The number of hydrogen-bond donors (Lipinski definition) is 2. The Kier molecular flexibility index (Phi) is 9.65. The van der Waals surface area contributed by atoms with Crippen LogP contribution in [0.3, 0.4) is 0 Å². The van der Waals surface area contributed by atoms with Crippen LogP contribution in [-0.2, 0) is 26.2 Å². The van der Waals surface area contributed by atoms with Gasteiger partial charge in [-0.3, -0.25) is 9.59 Å². The van der Waals surface area contributed by atoms with Gasteiger partial charge < -0.3 is 15.4 Å². The molecule has 0 saturated carbocycles. The number of carbonyl (C=O) groups excluding carboxylic acids is 2. The fourth-order valence-electron chi connectivity index (χ4n) is 6.03. The summed E-state index contributed by atoms with van der Waals surface area (Å²) in [6.45, 7) is 8.07. The molecule has 1 aliphatic heterocycles. The number of anilines is 1. The van der Waals surface area contributed by atoms with Gasteiger partial charge in [0.25, 0.3) is 0 Å². The predicted molar refractivity (Wildman–Crippen MR) is 163 cm³/mol. The van der Waals surface area contributed by atoms with Crippen LogP contribution in [0.1, 0.15) is 63.1 Å². The smallest absolute Gasteiger partial charge is 0.305 e. The SMILES string of the molecule is COC(=O)CCc1ccc(NC(=O)[C@@H]2N[C@@H](CC(C)(C)C)[C@](C)(c3ccc(Cl)cc3F)[C@H]2c2cccc(Cl)c2F)cc1. The Morgan fingerprint density at radius 3 is 2.36 bits per heavy atom. The van der Waals surface area contributed by atoms with Crippen molar-refractivity contribution in [3.8, 4) is 0 Å². The molecule has 1 heterocycles. The van der Waals surface area contributed by atoms with Crippen molar-refractivity contribution in [2.45, 2.75) is 70.4 Å². The van der Waals surface area contributed by atoms with E-state index in [1.165, 1.54) is 19.2 Å². The highest BCUT2D eigenvalue weighted by Crippen LogP contribution is 2.52. The molecule has 0 unspecified atom stereocenters. The summed E-state index contributed by atoms with van der Waals surface area (Å²) < 4.78 is 36.2. The Morgan fingerprint density at radius 2 is 1.74 bits per heavy atom. The molecule has 1 saturated heterocycles. The molecule has 1 aliphatic rings. The van der Waals surface area contributed by atoms with Gasteiger partial charge in [0.15, 0.2) is 0 Å². The van der Waals surface area contributed by atoms with Gasteiger partial charge in [0.1, 0.15) is 11.6 Å². The molecule has 0 aromatic heterocycles. The van der Waals surface area contributed by atoms with Crippen molar-refractivity contribution >= 4 is 40.8 Å². The van der Waals surface area contributed by atoms with Crippen LogP contribution in [0.25, 0.3) is 0 Å². The number of methoxy groups -OCH3 is 1. The minimum absolute atomic E-state index is 0.0765. The second-order valence-electron chi connectivity index (χ2n) is 12.3. The van der Waals surface area contributed by atoms with Gasteiger partial charge >= 0.3 is 5.97 Å². The van der Waals surface area contributed by atoms with E-state index in [0.29, 0.717) is 24.1 Å². The number of esters is 1. The topological polar surface area (TPSA) is 67.4 Å². The lowest BCUT2D eigenvalue weighted by molar-refractivity contribution is -0.140. The molecule has 4 atom stereocenters. The van der Waals surface area contributed by atoms with Crippen LogP contribution in [0.4, 0.5) is 14.5 Å². The van der Waals surface area contributed by atoms with Gasteiger partial charge in [0.05, 0.1) is 18.2 Å². The molecular formula is C33H36Cl2F2N2O3. The second kappa shape index (κ2) is 12.7. The zero-order valence-corrected chi connectivity index (χ0v) is 25.9. The van der Waals surface area contributed by atoms with Crippen molar-refractivity contribution in [3.05, 3.63) is 99.0 Å². The van der Waals surface area contributed by atoms with E-state index in [1.807, 2.05) is 19.1 Å². The molecule has 5 nitrogen and oxygen atoms in total. The lowest BCUT2D eigenvalue weighted by Crippen LogP contribution is -2.44. The third kappa shape index (κ3) is 6.80. The van der Waals surface area contributed by atoms with Crippen LogP contribution >= 0.6 is 23.2 Å². The van der Waals surface area contributed by atoms with Crippen LogP contribution < -0.4 is 10.6 Å². The summed E-state index contributed by atoms with van der Waals surface area (Å²) in [7, 11) is 1.35. The van der Waals surface area contributed by atoms with Gasteiger partial charge in [0.2, 0.25) is 5.91 Å². The minimum Gasteiger partial charge on any atom is -0.469 e. The van der Waals surface area contributed by atoms with E-state index in [2.05, 4.69) is 31.4 Å². The molecule has 224 valence electrons. The molecule has 42 heavy (non-hydrogen) atoms. The molecule has 1 amide bonds. The summed E-state index contributed by atoms with van der Waals surface area (Å²) in [6.07, 6.45) is 1.32. The molecule has 0 radical (unpaired) electrons. The first-order chi connectivity index (χ1) is 19.7. The molecule has 4 rings (SSSR count). The van der Waals surface area contributed by atoms with Crippen LogP contribution in [0.2, 0.25) is 10.0 Å². The highest BCUT2D eigenvalue weighted by atomic mass is 35.5. The minimum atomic E-state index is -1.06. The standard InChI is InChI=1S/C33H36Cl2F2N2O3/c1-32(2,3)18-26-33(4,23-15-12-20(34)17-25(23)36)28(22-7-6-8-24(35)29(22)37)30(39-26)31(41)38-21-13-9-19(10-14-21)11-16-27(40)42-5/h6-10,12-15,17,26,28,30,39H,11,16,18H2,1-5H3,(H,38,41)/t26-,28-,30+,33-/m0/s1. The van der Waals surface area contributed by atoms with Gasteiger partial charge in [-0.25, -0.2) is 8.78 Å². The van der Waals surface area contributed by atoms with Crippen molar-refractivity contribution in [3.63, 3.8) is 0 Å². The van der Waals surface area contributed by atoms with E-state index in [1.54, 1.807) is 36.4 Å². The van der Waals surface area contributed by atoms with Crippen molar-refractivity contribution in [1.82, 2.24) is 5.32 Å². The summed E-state index contributed by atoms with van der Waals surface area (Å²) >= 11 is 12.4. The Bertz CT molecular complexity index is 1460. The van der Waals surface area contributed by atoms with Crippen molar-refractivity contribution < 1.29 is 23.1 Å². The number of hydrogen-bond acceptors (Lipinski definition) is 4. The molecule has 3 aromatic carbocycles. The largest absolute Gasteiger partial charge is 0.469 e. The summed E-state index contributed by atoms with van der Waals surface area (Å²) in [5.41, 5.74) is 0.738.